The average Bonchev–Trinajstić information content (AvgIpc) is 3.45. The Labute approximate surface area is 193 Å². The number of amides is 2. The molecule has 1 aromatic carbocycles. The Bertz CT molecular complexity index is 1140. The van der Waals surface area contributed by atoms with Crippen molar-refractivity contribution in [2.75, 3.05) is 26.2 Å². The molecule has 0 N–H and O–H groups in total. The molecule has 0 aliphatic carbocycles. The summed E-state index contributed by atoms with van der Waals surface area (Å²) in [4.78, 5) is 41.4. The van der Waals surface area contributed by atoms with Gasteiger partial charge in [0, 0.05) is 37.8 Å². The molecule has 0 unspecified atom stereocenters. The number of nitrogens with zero attached hydrogens (tertiary/aromatic N) is 2. The number of likely N-dealkylation sites (tertiary alicyclic amines) is 2. The fourth-order valence-electron chi connectivity index (χ4n) is 4.45. The summed E-state index contributed by atoms with van der Waals surface area (Å²) in [5.74, 6) is -4.62. The van der Waals surface area contributed by atoms with Crippen LogP contribution in [0.5, 0.6) is 0 Å². The number of benzene rings is 1. The van der Waals surface area contributed by atoms with Crippen LogP contribution in [0.2, 0.25) is 0 Å². The molecule has 4 rings (SSSR count). The molecule has 174 valence electrons. The summed E-state index contributed by atoms with van der Waals surface area (Å²) in [5, 5.41) is 0. The molecular weight excluding hydrogens is 453 g/mol. The monoisotopic (exact) mass is 476 g/mol. The number of hydrogen-bond acceptors (Lipinski definition) is 4. The van der Waals surface area contributed by atoms with Crippen LogP contribution in [0.4, 0.5) is 13.2 Å². The van der Waals surface area contributed by atoms with Crippen LogP contribution in [-0.4, -0.2) is 53.6 Å². The lowest BCUT2D eigenvalue weighted by atomic mass is 9.78. The Morgan fingerprint density at radius 2 is 1.55 bits per heavy atom. The molecule has 0 bridgehead atoms. The van der Waals surface area contributed by atoms with Crippen LogP contribution in [0.1, 0.15) is 51.1 Å². The van der Waals surface area contributed by atoms with Crippen molar-refractivity contribution < 1.29 is 27.6 Å². The molecule has 2 aliphatic rings. The standard InChI is InChI=1S/C24H23F3N2O3S/c1-15(30)18-5-6-19(33-18)23(32)28-11-8-24(9-12-28)10-13-29(14-24)20(31)7-3-16-2-4-17(25)22(27)21(16)26/h2-7H,8-14H2,1H3. The second-order valence-corrected chi connectivity index (χ2v) is 9.70. The summed E-state index contributed by atoms with van der Waals surface area (Å²) >= 11 is 1.20. The molecule has 0 radical (unpaired) electrons. The predicted molar refractivity (Wildman–Crippen MR) is 118 cm³/mol. The summed E-state index contributed by atoms with van der Waals surface area (Å²) in [7, 11) is 0. The first-order chi connectivity index (χ1) is 15.7. The van der Waals surface area contributed by atoms with E-state index in [2.05, 4.69) is 0 Å². The number of ketones is 1. The quantitative estimate of drug-likeness (QED) is 0.370. The largest absolute Gasteiger partial charge is 0.339 e. The van der Waals surface area contributed by atoms with E-state index in [-0.39, 0.29) is 28.6 Å². The van der Waals surface area contributed by atoms with Gasteiger partial charge in [-0.25, -0.2) is 13.2 Å². The Balaban J connectivity index is 1.34. The van der Waals surface area contributed by atoms with E-state index in [9.17, 15) is 27.6 Å². The highest BCUT2D eigenvalue weighted by atomic mass is 32.1. The van der Waals surface area contributed by atoms with E-state index < -0.39 is 17.5 Å². The number of carbonyl (C=O) groups is 3. The number of hydrogen-bond donors (Lipinski definition) is 0. The van der Waals surface area contributed by atoms with Gasteiger partial charge in [-0.2, -0.15) is 0 Å². The first-order valence-corrected chi connectivity index (χ1v) is 11.5. The van der Waals surface area contributed by atoms with Gasteiger partial charge in [-0.05, 0) is 61.9 Å². The highest BCUT2D eigenvalue weighted by molar-refractivity contribution is 7.15. The van der Waals surface area contributed by atoms with Crippen LogP contribution in [-0.2, 0) is 4.79 Å². The fraction of sp³-hybridized carbons (Fsp3) is 0.375. The van der Waals surface area contributed by atoms with Gasteiger partial charge in [0.25, 0.3) is 5.91 Å². The number of piperidine rings is 1. The van der Waals surface area contributed by atoms with Gasteiger partial charge in [-0.3, -0.25) is 14.4 Å². The zero-order valence-corrected chi connectivity index (χ0v) is 18.9. The molecule has 33 heavy (non-hydrogen) atoms. The van der Waals surface area contributed by atoms with E-state index in [1.54, 1.807) is 21.9 Å². The lowest BCUT2D eigenvalue weighted by Crippen LogP contribution is -2.44. The minimum atomic E-state index is -1.56. The topological polar surface area (TPSA) is 57.7 Å². The molecule has 0 atom stereocenters. The van der Waals surface area contributed by atoms with Gasteiger partial charge in [0.15, 0.2) is 23.2 Å². The highest BCUT2D eigenvalue weighted by Crippen LogP contribution is 2.41. The molecule has 1 spiro atoms. The Morgan fingerprint density at radius 1 is 0.909 bits per heavy atom. The minimum Gasteiger partial charge on any atom is -0.339 e. The number of carbonyl (C=O) groups excluding carboxylic acids is 3. The van der Waals surface area contributed by atoms with Gasteiger partial charge >= 0.3 is 0 Å². The van der Waals surface area contributed by atoms with E-state index in [0.717, 1.165) is 37.5 Å². The minimum absolute atomic E-state index is 0.0614. The van der Waals surface area contributed by atoms with Crippen molar-refractivity contribution >= 4 is 35.0 Å². The van der Waals surface area contributed by atoms with Gasteiger partial charge in [0.05, 0.1) is 9.75 Å². The third-order valence-electron chi connectivity index (χ3n) is 6.50. The zero-order valence-electron chi connectivity index (χ0n) is 18.1. The number of halogens is 3. The van der Waals surface area contributed by atoms with Crippen molar-refractivity contribution in [3.63, 3.8) is 0 Å². The molecule has 0 saturated carbocycles. The summed E-state index contributed by atoms with van der Waals surface area (Å²) in [6.45, 7) is 3.70. The SMILES string of the molecule is CC(=O)c1ccc(C(=O)N2CCC3(CCN(C(=O)C=Cc4ccc(F)c(F)c4F)C3)CC2)s1. The Kier molecular flexibility index (Phi) is 6.43. The predicted octanol–water partition coefficient (Wildman–Crippen LogP) is 4.54. The summed E-state index contributed by atoms with van der Waals surface area (Å²) in [5.41, 5.74) is -0.266. The zero-order chi connectivity index (χ0) is 23.8. The maximum atomic E-state index is 13.8. The first-order valence-electron chi connectivity index (χ1n) is 10.7. The summed E-state index contributed by atoms with van der Waals surface area (Å²) in [6.07, 6.45) is 4.66. The van der Waals surface area contributed by atoms with Crippen LogP contribution in [0, 0.1) is 22.9 Å². The lowest BCUT2D eigenvalue weighted by Gasteiger charge is -2.39. The molecule has 2 saturated heterocycles. The lowest BCUT2D eigenvalue weighted by molar-refractivity contribution is -0.125. The Hall–Kier alpha value is -2.94. The van der Waals surface area contributed by atoms with Crippen LogP contribution in [0.25, 0.3) is 6.08 Å². The molecule has 2 aliphatic heterocycles. The van der Waals surface area contributed by atoms with E-state index >= 15 is 0 Å². The second kappa shape index (κ2) is 9.13. The van der Waals surface area contributed by atoms with Crippen molar-refractivity contribution in [1.29, 1.82) is 0 Å². The van der Waals surface area contributed by atoms with E-state index in [4.69, 9.17) is 0 Å². The molecule has 2 fully saturated rings. The van der Waals surface area contributed by atoms with Crippen LogP contribution < -0.4 is 0 Å². The van der Waals surface area contributed by atoms with E-state index in [0.29, 0.717) is 35.9 Å². The highest BCUT2D eigenvalue weighted by Gasteiger charge is 2.42. The van der Waals surface area contributed by atoms with Crippen molar-refractivity contribution in [3.05, 3.63) is 63.1 Å². The smallest absolute Gasteiger partial charge is 0.263 e. The summed E-state index contributed by atoms with van der Waals surface area (Å²) < 4.78 is 40.2. The first kappa shape index (κ1) is 23.2. The molecule has 3 heterocycles. The van der Waals surface area contributed by atoms with Crippen LogP contribution in [0.3, 0.4) is 0 Å². The average molecular weight is 477 g/mol. The van der Waals surface area contributed by atoms with Crippen molar-refractivity contribution in [1.82, 2.24) is 9.80 Å². The maximum Gasteiger partial charge on any atom is 0.263 e. The molecule has 1 aromatic heterocycles. The van der Waals surface area contributed by atoms with Crippen molar-refractivity contribution in [2.45, 2.75) is 26.2 Å². The molecule has 2 amide bonds. The van der Waals surface area contributed by atoms with E-state index in [1.165, 1.54) is 24.3 Å². The van der Waals surface area contributed by atoms with Gasteiger partial charge < -0.3 is 9.80 Å². The summed E-state index contributed by atoms with van der Waals surface area (Å²) in [6, 6.07) is 5.26. The third-order valence-corrected chi connectivity index (χ3v) is 7.67. The number of thiophene rings is 1. The van der Waals surface area contributed by atoms with Crippen molar-refractivity contribution in [3.8, 4) is 0 Å². The normalized spacial score (nSPS) is 17.8. The molecule has 9 heteroatoms. The number of Topliss-reactive ketones (excluding diaryl/α,β-unsaturated/α-hetero) is 1. The molecule has 5 nitrogen and oxygen atoms in total. The van der Waals surface area contributed by atoms with Gasteiger partial charge in [0.1, 0.15) is 0 Å². The van der Waals surface area contributed by atoms with Gasteiger partial charge in [0.2, 0.25) is 5.91 Å². The van der Waals surface area contributed by atoms with Gasteiger partial charge in [-0.15, -0.1) is 11.3 Å². The molecule has 2 aromatic rings. The maximum absolute atomic E-state index is 13.8. The fourth-order valence-corrected chi connectivity index (χ4v) is 5.32. The van der Waals surface area contributed by atoms with Crippen molar-refractivity contribution in [2.24, 2.45) is 5.41 Å². The number of rotatable bonds is 4. The van der Waals surface area contributed by atoms with Crippen LogP contribution >= 0.6 is 11.3 Å². The molecular formula is C24H23F3N2O3S. The Morgan fingerprint density at radius 3 is 2.18 bits per heavy atom. The van der Waals surface area contributed by atoms with Gasteiger partial charge in [-0.1, -0.05) is 0 Å². The second-order valence-electron chi connectivity index (χ2n) is 8.62. The van der Waals surface area contributed by atoms with E-state index in [1.807, 2.05) is 0 Å². The van der Waals surface area contributed by atoms with Crippen LogP contribution in [0.15, 0.2) is 30.3 Å². The third kappa shape index (κ3) is 4.73.